The molecule has 3 atom stereocenters. The number of aliphatic hydroxyl groups excluding tert-OH is 1. The van der Waals surface area contributed by atoms with Crippen LogP contribution in [-0.4, -0.2) is 37.0 Å². The quantitative estimate of drug-likeness (QED) is 0.698. The van der Waals surface area contributed by atoms with Gasteiger partial charge in [-0.25, -0.2) is 0 Å². The average molecular weight is 201 g/mol. The van der Waals surface area contributed by atoms with Crippen LogP contribution in [0.15, 0.2) is 0 Å². The molecule has 1 rings (SSSR count). The van der Waals surface area contributed by atoms with E-state index in [4.69, 9.17) is 4.74 Å². The monoisotopic (exact) mass is 201 g/mol. The number of ether oxygens (including phenoxy) is 1. The van der Waals surface area contributed by atoms with Crippen molar-refractivity contribution in [1.82, 2.24) is 5.32 Å². The van der Waals surface area contributed by atoms with Crippen molar-refractivity contribution in [3.05, 3.63) is 0 Å². The van der Waals surface area contributed by atoms with E-state index in [1.807, 2.05) is 0 Å². The van der Waals surface area contributed by atoms with Gasteiger partial charge < -0.3 is 15.2 Å². The Balaban J connectivity index is 2.33. The van der Waals surface area contributed by atoms with Gasteiger partial charge in [0.25, 0.3) is 0 Å². The normalized spacial score (nSPS) is 26.8. The van der Waals surface area contributed by atoms with E-state index in [2.05, 4.69) is 26.1 Å². The standard InChI is InChI=1S/C11H23NO2/c1-8(2)11(6-13)12-9(3)10-4-5-14-7-10/h8-13H,4-7H2,1-3H3/t9?,10?,11-/m1/s1. The molecule has 1 aliphatic rings. The van der Waals surface area contributed by atoms with Crippen molar-refractivity contribution < 1.29 is 9.84 Å². The molecule has 1 heterocycles. The van der Waals surface area contributed by atoms with Gasteiger partial charge in [-0.05, 0) is 25.2 Å². The van der Waals surface area contributed by atoms with Gasteiger partial charge in [-0.2, -0.15) is 0 Å². The van der Waals surface area contributed by atoms with E-state index in [0.717, 1.165) is 19.6 Å². The Morgan fingerprint density at radius 2 is 2.14 bits per heavy atom. The van der Waals surface area contributed by atoms with Gasteiger partial charge >= 0.3 is 0 Å². The molecule has 1 fully saturated rings. The molecule has 0 spiro atoms. The highest BCUT2D eigenvalue weighted by atomic mass is 16.5. The number of aliphatic hydroxyl groups is 1. The second-order valence-corrected chi connectivity index (χ2v) is 4.61. The third-order valence-electron chi connectivity index (χ3n) is 3.15. The molecule has 0 aliphatic carbocycles. The second kappa shape index (κ2) is 5.69. The first-order chi connectivity index (χ1) is 6.65. The van der Waals surface area contributed by atoms with Crippen molar-refractivity contribution in [3.63, 3.8) is 0 Å². The molecule has 3 heteroatoms. The van der Waals surface area contributed by atoms with Gasteiger partial charge in [-0.1, -0.05) is 13.8 Å². The van der Waals surface area contributed by atoms with E-state index in [9.17, 15) is 5.11 Å². The van der Waals surface area contributed by atoms with E-state index < -0.39 is 0 Å². The topological polar surface area (TPSA) is 41.5 Å². The Morgan fingerprint density at radius 3 is 2.57 bits per heavy atom. The molecule has 1 aliphatic heterocycles. The molecule has 0 amide bonds. The molecule has 14 heavy (non-hydrogen) atoms. The van der Waals surface area contributed by atoms with E-state index >= 15 is 0 Å². The molecular formula is C11H23NO2. The predicted octanol–water partition coefficient (Wildman–Crippen LogP) is 1.02. The van der Waals surface area contributed by atoms with Gasteiger partial charge in [0.15, 0.2) is 0 Å². The number of nitrogens with one attached hydrogen (secondary N) is 1. The molecule has 0 radical (unpaired) electrons. The molecule has 84 valence electrons. The minimum Gasteiger partial charge on any atom is -0.395 e. The second-order valence-electron chi connectivity index (χ2n) is 4.61. The van der Waals surface area contributed by atoms with Crippen molar-refractivity contribution in [2.24, 2.45) is 11.8 Å². The predicted molar refractivity (Wildman–Crippen MR) is 57.2 cm³/mol. The minimum absolute atomic E-state index is 0.214. The highest BCUT2D eigenvalue weighted by molar-refractivity contribution is 4.80. The molecule has 2 N–H and O–H groups in total. The summed E-state index contributed by atoms with van der Waals surface area (Å²) in [6.45, 7) is 8.42. The van der Waals surface area contributed by atoms with Crippen molar-refractivity contribution in [3.8, 4) is 0 Å². The van der Waals surface area contributed by atoms with Crippen molar-refractivity contribution >= 4 is 0 Å². The van der Waals surface area contributed by atoms with Crippen LogP contribution in [0.1, 0.15) is 27.2 Å². The van der Waals surface area contributed by atoms with Crippen LogP contribution in [0.25, 0.3) is 0 Å². The van der Waals surface area contributed by atoms with Gasteiger partial charge in [-0.15, -0.1) is 0 Å². The molecule has 1 saturated heterocycles. The minimum atomic E-state index is 0.214. The fraction of sp³-hybridized carbons (Fsp3) is 1.00. The van der Waals surface area contributed by atoms with Gasteiger partial charge in [-0.3, -0.25) is 0 Å². The zero-order valence-electron chi connectivity index (χ0n) is 9.49. The summed E-state index contributed by atoms with van der Waals surface area (Å²) in [4.78, 5) is 0. The van der Waals surface area contributed by atoms with Crippen molar-refractivity contribution in [2.45, 2.75) is 39.3 Å². The van der Waals surface area contributed by atoms with Crippen LogP contribution in [0.5, 0.6) is 0 Å². The highest BCUT2D eigenvalue weighted by Gasteiger charge is 2.24. The van der Waals surface area contributed by atoms with Crippen LogP contribution >= 0.6 is 0 Å². The van der Waals surface area contributed by atoms with Crippen molar-refractivity contribution in [2.75, 3.05) is 19.8 Å². The lowest BCUT2D eigenvalue weighted by Crippen LogP contribution is -2.45. The van der Waals surface area contributed by atoms with Crippen LogP contribution in [0, 0.1) is 11.8 Å². The van der Waals surface area contributed by atoms with Crippen LogP contribution in [0.3, 0.4) is 0 Å². The van der Waals surface area contributed by atoms with E-state index in [0.29, 0.717) is 17.9 Å². The Morgan fingerprint density at radius 1 is 1.43 bits per heavy atom. The van der Waals surface area contributed by atoms with Crippen LogP contribution in [0.4, 0.5) is 0 Å². The molecule has 2 unspecified atom stereocenters. The summed E-state index contributed by atoms with van der Waals surface area (Å²) >= 11 is 0. The van der Waals surface area contributed by atoms with Gasteiger partial charge in [0.1, 0.15) is 0 Å². The Bertz CT molecular complexity index is 155. The largest absolute Gasteiger partial charge is 0.395 e. The van der Waals surface area contributed by atoms with Gasteiger partial charge in [0.05, 0.1) is 13.2 Å². The number of hydrogen-bond donors (Lipinski definition) is 2. The van der Waals surface area contributed by atoms with Crippen LogP contribution < -0.4 is 5.32 Å². The maximum absolute atomic E-state index is 9.19. The lowest BCUT2D eigenvalue weighted by atomic mass is 9.97. The lowest BCUT2D eigenvalue weighted by Gasteiger charge is -2.27. The van der Waals surface area contributed by atoms with Crippen LogP contribution in [0.2, 0.25) is 0 Å². The zero-order chi connectivity index (χ0) is 10.6. The van der Waals surface area contributed by atoms with Gasteiger partial charge in [0.2, 0.25) is 0 Å². The summed E-state index contributed by atoms with van der Waals surface area (Å²) in [6.07, 6.45) is 1.14. The molecule has 0 aromatic rings. The first-order valence-electron chi connectivity index (χ1n) is 5.59. The molecular weight excluding hydrogens is 178 g/mol. The molecule has 3 nitrogen and oxygen atoms in total. The summed E-state index contributed by atoms with van der Waals surface area (Å²) in [6, 6.07) is 0.655. The summed E-state index contributed by atoms with van der Waals surface area (Å²) in [5.74, 6) is 1.09. The first kappa shape index (κ1) is 12.0. The SMILES string of the molecule is CC(N[C@H](CO)C(C)C)C1CCOC1. The summed E-state index contributed by atoms with van der Waals surface area (Å²) in [7, 11) is 0. The van der Waals surface area contributed by atoms with E-state index in [-0.39, 0.29) is 12.6 Å². The van der Waals surface area contributed by atoms with Gasteiger partial charge in [0, 0.05) is 18.7 Å². The number of rotatable bonds is 5. The van der Waals surface area contributed by atoms with E-state index in [1.165, 1.54) is 0 Å². The molecule has 0 bridgehead atoms. The third kappa shape index (κ3) is 3.23. The summed E-state index contributed by atoms with van der Waals surface area (Å²) in [5, 5.41) is 12.7. The fourth-order valence-corrected chi connectivity index (χ4v) is 1.88. The third-order valence-corrected chi connectivity index (χ3v) is 3.15. The zero-order valence-corrected chi connectivity index (χ0v) is 9.49. The first-order valence-corrected chi connectivity index (χ1v) is 5.59. The Kier molecular flexibility index (Phi) is 4.85. The van der Waals surface area contributed by atoms with Crippen molar-refractivity contribution in [1.29, 1.82) is 0 Å². The Hall–Kier alpha value is -0.120. The smallest absolute Gasteiger partial charge is 0.0587 e. The molecule has 0 aromatic carbocycles. The summed E-state index contributed by atoms with van der Waals surface area (Å²) < 4.78 is 5.35. The summed E-state index contributed by atoms with van der Waals surface area (Å²) in [5.41, 5.74) is 0. The lowest BCUT2D eigenvalue weighted by molar-refractivity contribution is 0.161. The Labute approximate surface area is 86.8 Å². The maximum Gasteiger partial charge on any atom is 0.0587 e. The highest BCUT2D eigenvalue weighted by Crippen LogP contribution is 2.17. The average Bonchev–Trinajstić information content (AvgIpc) is 2.65. The van der Waals surface area contributed by atoms with E-state index in [1.54, 1.807) is 0 Å². The maximum atomic E-state index is 9.19. The number of hydrogen-bond acceptors (Lipinski definition) is 3. The van der Waals surface area contributed by atoms with Crippen LogP contribution in [-0.2, 0) is 4.74 Å². The fourth-order valence-electron chi connectivity index (χ4n) is 1.88. The molecule has 0 saturated carbocycles. The molecule has 0 aromatic heterocycles.